The summed E-state index contributed by atoms with van der Waals surface area (Å²) in [5.41, 5.74) is 1.43. The van der Waals surface area contributed by atoms with Gasteiger partial charge in [0.05, 0.1) is 14.2 Å². The maximum Gasteiger partial charge on any atom is 0.330 e. The average Bonchev–Trinajstić information content (AvgIpc) is 2.43. The predicted molar refractivity (Wildman–Crippen MR) is 69.9 cm³/mol. The molecule has 0 aromatic heterocycles. The monoisotopic (exact) mass is 266 g/mol. The van der Waals surface area contributed by atoms with Gasteiger partial charge in [0.2, 0.25) is 0 Å². The van der Waals surface area contributed by atoms with Gasteiger partial charge in [0.15, 0.2) is 0 Å². The van der Waals surface area contributed by atoms with Crippen molar-refractivity contribution < 1.29 is 24.5 Å². The van der Waals surface area contributed by atoms with E-state index in [4.69, 9.17) is 4.74 Å². The lowest BCUT2D eigenvalue weighted by Gasteiger charge is -2.16. The molecule has 19 heavy (non-hydrogen) atoms. The first kappa shape index (κ1) is 15.2. The molecule has 104 valence electrons. The van der Waals surface area contributed by atoms with Gasteiger partial charge in [-0.15, -0.1) is 0 Å². The lowest BCUT2D eigenvalue weighted by Crippen LogP contribution is -2.16. The van der Waals surface area contributed by atoms with Gasteiger partial charge in [0, 0.05) is 6.08 Å². The molecule has 1 rings (SSSR count). The standard InChI is InChI=1S/C14H18O5/c1-9-4-5-10(8-12(9)18-2)14(17)11(15)6-7-13(16)19-3/h4-8,11,14-15,17H,1-3H3/b7-6+. The summed E-state index contributed by atoms with van der Waals surface area (Å²) < 4.78 is 9.55. The fourth-order valence-corrected chi connectivity index (χ4v) is 1.57. The van der Waals surface area contributed by atoms with Gasteiger partial charge in [-0.3, -0.25) is 0 Å². The molecule has 0 amide bonds. The number of aliphatic hydroxyl groups excluding tert-OH is 2. The van der Waals surface area contributed by atoms with Crippen molar-refractivity contribution in [1.82, 2.24) is 0 Å². The van der Waals surface area contributed by atoms with Crippen LogP contribution in [0.3, 0.4) is 0 Å². The van der Waals surface area contributed by atoms with E-state index in [9.17, 15) is 15.0 Å². The average molecular weight is 266 g/mol. The van der Waals surface area contributed by atoms with Crippen LogP contribution in [0.5, 0.6) is 5.75 Å². The number of aryl methyl sites for hydroxylation is 1. The van der Waals surface area contributed by atoms with Gasteiger partial charge in [-0.2, -0.15) is 0 Å². The van der Waals surface area contributed by atoms with Gasteiger partial charge < -0.3 is 19.7 Å². The molecule has 0 aliphatic rings. The molecule has 1 aromatic carbocycles. The van der Waals surface area contributed by atoms with E-state index in [0.29, 0.717) is 11.3 Å². The molecule has 1 aromatic rings. The highest BCUT2D eigenvalue weighted by atomic mass is 16.5. The van der Waals surface area contributed by atoms with Crippen molar-refractivity contribution in [3.8, 4) is 5.75 Å². The molecule has 0 bridgehead atoms. The number of aliphatic hydroxyl groups is 2. The highest BCUT2D eigenvalue weighted by Crippen LogP contribution is 2.25. The second-order valence-corrected chi connectivity index (χ2v) is 4.05. The summed E-state index contributed by atoms with van der Waals surface area (Å²) >= 11 is 0. The Bertz CT molecular complexity index is 467. The van der Waals surface area contributed by atoms with Gasteiger partial charge in [0.1, 0.15) is 18.0 Å². The molecule has 0 saturated carbocycles. The molecule has 0 radical (unpaired) electrons. The SMILES string of the molecule is COC(=O)/C=C/C(O)C(O)c1ccc(C)c(OC)c1. The quantitative estimate of drug-likeness (QED) is 0.617. The normalized spacial score (nSPS) is 14.2. The highest BCUT2D eigenvalue weighted by Gasteiger charge is 2.17. The van der Waals surface area contributed by atoms with E-state index in [1.165, 1.54) is 20.3 Å². The second kappa shape index (κ2) is 6.92. The predicted octanol–water partition coefficient (Wildman–Crippen LogP) is 1.13. The number of hydrogen-bond donors (Lipinski definition) is 2. The first-order chi connectivity index (χ1) is 8.99. The molecule has 5 heteroatoms. The van der Waals surface area contributed by atoms with Gasteiger partial charge in [-0.25, -0.2) is 4.79 Å². The largest absolute Gasteiger partial charge is 0.496 e. The van der Waals surface area contributed by atoms with Crippen molar-refractivity contribution in [2.45, 2.75) is 19.1 Å². The third-order valence-corrected chi connectivity index (χ3v) is 2.73. The lowest BCUT2D eigenvalue weighted by atomic mass is 10.0. The van der Waals surface area contributed by atoms with Crippen LogP contribution < -0.4 is 4.74 Å². The molecule has 0 heterocycles. The van der Waals surface area contributed by atoms with E-state index < -0.39 is 18.2 Å². The zero-order chi connectivity index (χ0) is 14.4. The van der Waals surface area contributed by atoms with Gasteiger partial charge >= 0.3 is 5.97 Å². The Hall–Kier alpha value is -1.85. The van der Waals surface area contributed by atoms with E-state index in [1.807, 2.05) is 6.92 Å². The number of rotatable bonds is 5. The minimum atomic E-state index is -1.20. The first-order valence-electron chi connectivity index (χ1n) is 5.76. The van der Waals surface area contributed by atoms with Crippen molar-refractivity contribution in [2.75, 3.05) is 14.2 Å². The molecule has 0 saturated heterocycles. The summed E-state index contributed by atoms with van der Waals surface area (Å²) in [6.07, 6.45) is -0.0933. The molecular weight excluding hydrogens is 248 g/mol. The smallest absolute Gasteiger partial charge is 0.330 e. The molecule has 2 unspecified atom stereocenters. The summed E-state index contributed by atoms with van der Waals surface area (Å²) in [4.78, 5) is 10.9. The summed E-state index contributed by atoms with van der Waals surface area (Å²) in [7, 11) is 2.77. The van der Waals surface area contributed by atoms with Gasteiger partial charge in [-0.05, 0) is 30.2 Å². The molecule has 2 atom stereocenters. The van der Waals surface area contributed by atoms with E-state index in [0.717, 1.165) is 11.6 Å². The number of carbonyl (C=O) groups is 1. The van der Waals surface area contributed by atoms with Crippen LogP contribution in [-0.2, 0) is 9.53 Å². The topological polar surface area (TPSA) is 76.0 Å². The van der Waals surface area contributed by atoms with Gasteiger partial charge in [-0.1, -0.05) is 12.1 Å². The van der Waals surface area contributed by atoms with Crippen LogP contribution in [0.2, 0.25) is 0 Å². The van der Waals surface area contributed by atoms with Crippen molar-refractivity contribution in [1.29, 1.82) is 0 Å². The number of benzene rings is 1. The van der Waals surface area contributed by atoms with Crippen LogP contribution in [0.1, 0.15) is 17.2 Å². The van der Waals surface area contributed by atoms with Crippen molar-refractivity contribution in [2.24, 2.45) is 0 Å². The molecule has 0 spiro atoms. The summed E-state index contributed by atoms with van der Waals surface area (Å²) in [6.45, 7) is 1.88. The van der Waals surface area contributed by atoms with Crippen molar-refractivity contribution >= 4 is 5.97 Å². The van der Waals surface area contributed by atoms with Crippen LogP contribution in [0.15, 0.2) is 30.4 Å². The molecular formula is C14H18O5. The van der Waals surface area contributed by atoms with E-state index in [1.54, 1.807) is 18.2 Å². The molecule has 0 aliphatic heterocycles. The van der Waals surface area contributed by atoms with Crippen molar-refractivity contribution in [3.63, 3.8) is 0 Å². The second-order valence-electron chi connectivity index (χ2n) is 4.05. The zero-order valence-corrected chi connectivity index (χ0v) is 11.2. The Balaban J connectivity index is 2.84. The lowest BCUT2D eigenvalue weighted by molar-refractivity contribution is -0.134. The number of esters is 1. The van der Waals surface area contributed by atoms with Crippen molar-refractivity contribution in [3.05, 3.63) is 41.5 Å². The van der Waals surface area contributed by atoms with Crippen LogP contribution in [0.4, 0.5) is 0 Å². The Morgan fingerprint density at radius 1 is 1.32 bits per heavy atom. The van der Waals surface area contributed by atoms with Crippen LogP contribution in [0.25, 0.3) is 0 Å². The third kappa shape index (κ3) is 4.08. The molecule has 0 fully saturated rings. The minimum Gasteiger partial charge on any atom is -0.496 e. The maximum absolute atomic E-state index is 10.9. The van der Waals surface area contributed by atoms with E-state index >= 15 is 0 Å². The van der Waals surface area contributed by atoms with E-state index in [2.05, 4.69) is 4.74 Å². The first-order valence-corrected chi connectivity index (χ1v) is 5.76. The minimum absolute atomic E-state index is 0.504. The fraction of sp³-hybridized carbons (Fsp3) is 0.357. The highest BCUT2D eigenvalue weighted by molar-refractivity contribution is 5.81. The Morgan fingerprint density at radius 2 is 2.00 bits per heavy atom. The van der Waals surface area contributed by atoms with E-state index in [-0.39, 0.29) is 0 Å². The number of hydrogen-bond acceptors (Lipinski definition) is 5. The summed E-state index contributed by atoms with van der Waals surface area (Å²) in [5, 5.41) is 19.7. The van der Waals surface area contributed by atoms with Crippen LogP contribution in [-0.4, -0.2) is 36.5 Å². The summed E-state index contributed by atoms with van der Waals surface area (Å²) in [6, 6.07) is 5.13. The number of carbonyl (C=O) groups excluding carboxylic acids is 1. The Morgan fingerprint density at radius 3 is 2.58 bits per heavy atom. The summed E-state index contributed by atoms with van der Waals surface area (Å²) in [5.74, 6) is 0.0356. The zero-order valence-electron chi connectivity index (χ0n) is 11.2. The maximum atomic E-state index is 10.9. The third-order valence-electron chi connectivity index (χ3n) is 2.73. The van der Waals surface area contributed by atoms with Crippen LogP contribution >= 0.6 is 0 Å². The Kier molecular flexibility index (Phi) is 5.54. The molecule has 0 aliphatic carbocycles. The fourth-order valence-electron chi connectivity index (χ4n) is 1.57. The van der Waals surface area contributed by atoms with Gasteiger partial charge in [0.25, 0.3) is 0 Å². The van der Waals surface area contributed by atoms with Crippen LogP contribution in [0, 0.1) is 6.92 Å². The molecule has 5 nitrogen and oxygen atoms in total. The Labute approximate surface area is 112 Å². The number of methoxy groups -OCH3 is 2. The number of ether oxygens (including phenoxy) is 2. The molecule has 2 N–H and O–H groups in total.